The van der Waals surface area contributed by atoms with E-state index in [9.17, 15) is 0 Å². The number of nitrogens with zero attached hydrogens (tertiary/aromatic N) is 7. The molecule has 30 heavy (non-hydrogen) atoms. The zero-order valence-electron chi connectivity index (χ0n) is 16.2. The fourth-order valence-electron chi connectivity index (χ4n) is 4.42. The Morgan fingerprint density at radius 2 is 1.93 bits per heavy atom. The number of aromatic amines is 4. The van der Waals surface area contributed by atoms with Crippen LogP contribution >= 0.6 is 0 Å². The van der Waals surface area contributed by atoms with Gasteiger partial charge in [-0.15, -0.1) is 0 Å². The third-order valence-corrected chi connectivity index (χ3v) is 5.62. The lowest BCUT2D eigenvalue weighted by Gasteiger charge is -2.38. The lowest BCUT2D eigenvalue weighted by atomic mass is 10.1. The van der Waals surface area contributed by atoms with Gasteiger partial charge in [0.15, 0.2) is 0 Å². The Kier molecular flexibility index (Phi) is 3.91. The van der Waals surface area contributed by atoms with Gasteiger partial charge in [0.1, 0.15) is 17.7 Å². The minimum atomic E-state index is -0.0959. The summed E-state index contributed by atoms with van der Waals surface area (Å²) in [6, 6.07) is 6.02. The molecule has 0 aromatic carbocycles. The van der Waals surface area contributed by atoms with Crippen molar-refractivity contribution in [3.63, 3.8) is 0 Å². The molecule has 0 radical (unpaired) electrons. The first kappa shape index (κ1) is 17.0. The van der Waals surface area contributed by atoms with Gasteiger partial charge < -0.3 is 9.97 Å². The third kappa shape index (κ3) is 2.55. The number of likely N-dealkylation sites (tertiary alicyclic amines) is 1. The van der Waals surface area contributed by atoms with Gasteiger partial charge in [0, 0.05) is 43.3 Å². The topological polar surface area (TPSA) is 124 Å². The number of nitrogens with one attached hydrogen (secondary N) is 4. The Balaban J connectivity index is 1.64. The molecule has 0 spiro atoms. The normalized spacial score (nSPS) is 20.1. The minimum Gasteiger partial charge on any atom is -0.360 e. The van der Waals surface area contributed by atoms with Crippen molar-refractivity contribution >= 4 is 23.0 Å². The van der Waals surface area contributed by atoms with Gasteiger partial charge in [-0.1, -0.05) is 0 Å². The van der Waals surface area contributed by atoms with Gasteiger partial charge in [0.25, 0.3) is 0 Å². The molecular formula is C19H21N11. The summed E-state index contributed by atoms with van der Waals surface area (Å²) in [5.41, 5.74) is 3.79. The zero-order valence-corrected chi connectivity index (χ0v) is 16.2. The van der Waals surface area contributed by atoms with Crippen molar-refractivity contribution < 1.29 is 0 Å². The van der Waals surface area contributed by atoms with Gasteiger partial charge in [-0.2, -0.15) is 20.5 Å². The monoisotopic (exact) mass is 403 g/mol. The van der Waals surface area contributed by atoms with Gasteiger partial charge in [0.2, 0.25) is 5.95 Å². The molecule has 11 heteroatoms. The molecule has 2 aliphatic heterocycles. The van der Waals surface area contributed by atoms with Gasteiger partial charge in [0.05, 0.1) is 23.8 Å². The second-order valence-corrected chi connectivity index (χ2v) is 7.33. The van der Waals surface area contributed by atoms with E-state index in [0.717, 1.165) is 54.4 Å². The van der Waals surface area contributed by atoms with Crippen molar-refractivity contribution in [1.82, 2.24) is 45.5 Å². The van der Waals surface area contributed by atoms with Crippen LogP contribution in [0.25, 0.3) is 11.3 Å². The molecule has 0 amide bonds. The van der Waals surface area contributed by atoms with Crippen molar-refractivity contribution in [2.75, 3.05) is 23.1 Å². The highest BCUT2D eigenvalue weighted by atomic mass is 15.7. The number of hydrazine groups is 1. The molecule has 6 rings (SSSR count). The summed E-state index contributed by atoms with van der Waals surface area (Å²) in [7, 11) is 0. The molecule has 1 fully saturated rings. The van der Waals surface area contributed by atoms with Gasteiger partial charge in [-0.05, 0) is 25.0 Å². The van der Waals surface area contributed by atoms with E-state index in [2.05, 4.69) is 61.5 Å². The molecule has 1 unspecified atom stereocenters. The highest BCUT2D eigenvalue weighted by Crippen LogP contribution is 2.45. The zero-order chi connectivity index (χ0) is 19.9. The minimum absolute atomic E-state index is 0.0959. The van der Waals surface area contributed by atoms with E-state index in [0.29, 0.717) is 5.95 Å². The first-order valence-electron chi connectivity index (χ1n) is 9.98. The lowest BCUT2D eigenvalue weighted by Crippen LogP contribution is -2.51. The average molecular weight is 403 g/mol. The summed E-state index contributed by atoms with van der Waals surface area (Å²) in [6.07, 6.45) is 11.3. The summed E-state index contributed by atoms with van der Waals surface area (Å²) in [6.45, 7) is 2.00. The largest absolute Gasteiger partial charge is 0.360 e. The van der Waals surface area contributed by atoms with Gasteiger partial charge in [-0.3, -0.25) is 10.00 Å². The van der Waals surface area contributed by atoms with Crippen LogP contribution in [0.2, 0.25) is 0 Å². The summed E-state index contributed by atoms with van der Waals surface area (Å²) in [5, 5.41) is 23.0. The molecule has 1 atom stereocenters. The molecule has 6 heterocycles. The van der Waals surface area contributed by atoms with Crippen molar-refractivity contribution in [1.29, 1.82) is 0 Å². The maximum atomic E-state index is 4.58. The van der Waals surface area contributed by atoms with Crippen LogP contribution in [0.15, 0.2) is 49.2 Å². The number of aromatic nitrogens is 8. The van der Waals surface area contributed by atoms with Crippen LogP contribution in [0.4, 0.5) is 11.8 Å². The lowest BCUT2D eigenvalue weighted by molar-refractivity contribution is 0.287. The summed E-state index contributed by atoms with van der Waals surface area (Å²) in [5.74, 6) is 1.57. The fraction of sp³-hybridized carbons (Fsp3) is 0.263. The number of hydrogen-bond donors (Lipinski definition) is 4. The van der Waals surface area contributed by atoms with Crippen LogP contribution in [0.5, 0.6) is 0 Å². The van der Waals surface area contributed by atoms with Crippen LogP contribution < -0.4 is 10.0 Å². The predicted octanol–water partition coefficient (Wildman–Crippen LogP) is 1.81. The third-order valence-electron chi connectivity index (χ3n) is 5.62. The first-order chi connectivity index (χ1) is 14.9. The molecule has 0 aliphatic carbocycles. The van der Waals surface area contributed by atoms with Crippen molar-refractivity contribution in [2.24, 2.45) is 0 Å². The standard InChI is InChI=1S/C19H21N11/c1-2-11-28(10-1)18-16(14-12-24-27-25-14)17(13-4-3-6-20-13)30(19-21-8-9-22-19)29(18)15-5-7-23-26-15/h3-9,12,18,20H,1-2,10-11H2,(H,21,22)(H,23,26)(H,24,25,27). The number of anilines is 2. The summed E-state index contributed by atoms with van der Waals surface area (Å²) < 4.78 is 0. The second-order valence-electron chi connectivity index (χ2n) is 7.33. The SMILES string of the molecule is c1c[nH]c(C2=C(c3cn[nH]n3)C(N3CCCC3)N(c3ccn[nH]3)N2c2ncc[nH]2)c1. The highest BCUT2D eigenvalue weighted by molar-refractivity contribution is 6.02. The smallest absolute Gasteiger partial charge is 0.227 e. The molecule has 4 N–H and O–H groups in total. The summed E-state index contributed by atoms with van der Waals surface area (Å²) >= 11 is 0. The average Bonchev–Trinajstić information content (AvgIpc) is 3.61. The van der Waals surface area contributed by atoms with Crippen molar-refractivity contribution in [2.45, 2.75) is 19.0 Å². The maximum absolute atomic E-state index is 4.58. The van der Waals surface area contributed by atoms with E-state index in [1.54, 1.807) is 18.6 Å². The maximum Gasteiger partial charge on any atom is 0.227 e. The highest BCUT2D eigenvalue weighted by Gasteiger charge is 2.47. The van der Waals surface area contributed by atoms with Crippen LogP contribution in [-0.2, 0) is 0 Å². The van der Waals surface area contributed by atoms with Crippen LogP contribution in [0.3, 0.4) is 0 Å². The molecule has 152 valence electrons. The predicted molar refractivity (Wildman–Crippen MR) is 111 cm³/mol. The first-order valence-corrected chi connectivity index (χ1v) is 9.98. The summed E-state index contributed by atoms with van der Waals surface area (Å²) in [4.78, 5) is 13.7. The Morgan fingerprint density at radius 1 is 1.00 bits per heavy atom. The Bertz CT molecular complexity index is 1100. The molecule has 2 aliphatic rings. The number of H-pyrrole nitrogens is 4. The van der Waals surface area contributed by atoms with Crippen molar-refractivity contribution in [3.8, 4) is 0 Å². The molecule has 4 aromatic rings. The molecule has 0 bridgehead atoms. The number of imidazole rings is 1. The Morgan fingerprint density at radius 3 is 2.60 bits per heavy atom. The van der Waals surface area contributed by atoms with Gasteiger partial charge >= 0.3 is 0 Å². The fourth-order valence-corrected chi connectivity index (χ4v) is 4.42. The van der Waals surface area contributed by atoms with Crippen LogP contribution in [-0.4, -0.2) is 64.7 Å². The number of rotatable bonds is 5. The second kappa shape index (κ2) is 6.88. The quantitative estimate of drug-likeness (QED) is 0.401. The number of hydrogen-bond acceptors (Lipinski definition) is 7. The van der Waals surface area contributed by atoms with E-state index in [1.807, 2.05) is 24.5 Å². The molecule has 1 saturated heterocycles. The van der Waals surface area contributed by atoms with E-state index >= 15 is 0 Å². The Hall–Kier alpha value is -3.86. The van der Waals surface area contributed by atoms with E-state index < -0.39 is 0 Å². The van der Waals surface area contributed by atoms with E-state index in [4.69, 9.17) is 0 Å². The van der Waals surface area contributed by atoms with Crippen LogP contribution in [0.1, 0.15) is 24.2 Å². The van der Waals surface area contributed by atoms with Crippen molar-refractivity contribution in [3.05, 3.63) is 60.6 Å². The van der Waals surface area contributed by atoms with E-state index in [1.165, 1.54) is 0 Å². The Labute approximate surface area is 171 Å². The molecule has 4 aromatic heterocycles. The molecular weight excluding hydrogens is 382 g/mol. The van der Waals surface area contributed by atoms with Crippen LogP contribution in [0, 0.1) is 0 Å². The molecule has 0 saturated carbocycles. The molecule has 11 nitrogen and oxygen atoms in total. The van der Waals surface area contributed by atoms with E-state index in [-0.39, 0.29) is 6.17 Å². The van der Waals surface area contributed by atoms with Gasteiger partial charge in [-0.25, -0.2) is 15.0 Å².